The van der Waals surface area contributed by atoms with Crippen molar-refractivity contribution in [1.29, 1.82) is 0 Å². The van der Waals surface area contributed by atoms with Crippen LogP contribution in [-0.2, 0) is 6.54 Å². The predicted molar refractivity (Wildman–Crippen MR) is 220 cm³/mol. The third-order valence-corrected chi connectivity index (χ3v) is 9.31. The molecule has 0 aliphatic rings. The summed E-state index contributed by atoms with van der Waals surface area (Å²) in [4.78, 5) is 56.8. The molecule has 0 unspecified atom stereocenters. The van der Waals surface area contributed by atoms with Crippen LogP contribution in [0.25, 0.3) is 21.5 Å². The van der Waals surface area contributed by atoms with Crippen LogP contribution < -0.4 is 32.0 Å². The molecule has 0 aliphatic heterocycles. The van der Waals surface area contributed by atoms with E-state index >= 15 is 0 Å². The van der Waals surface area contributed by atoms with Crippen molar-refractivity contribution in [2.75, 3.05) is 0 Å². The molecule has 0 fully saturated rings. The summed E-state index contributed by atoms with van der Waals surface area (Å²) < 4.78 is 13.6. The SMILES string of the molecule is Cc1cc(C)cc(Oc2[nH]c(=O)[nH]c(=O)c2C(C)C)c1.Cc1cc(C)cc(Oc2c(C(C)C)c(=O)[nH]c(=O)n2Cc2c3ccccc3cc3ccccc23)c1. The standard InChI is InChI=1S/C30H28N2O3.C15H18N2O3/c1-18(2)27-28(33)31-30(34)32(29(27)35-23-14-19(3)13-20(4)15-23)17-26-24-11-7-5-9-21(24)16-22-10-6-8-12-25(22)26;1-8(2)12-13(18)16-15(19)17-14(12)20-11-6-9(3)5-10(4)7-11/h5-16,18H,17H2,1-4H3,(H,31,33,34);5-8H,1-4H3,(H2,16,17,18,19). The lowest BCUT2D eigenvalue weighted by atomic mass is 9.96. The minimum atomic E-state index is -0.571. The summed E-state index contributed by atoms with van der Waals surface area (Å²) >= 11 is 0. The lowest BCUT2D eigenvalue weighted by Gasteiger charge is -2.20. The Balaban J connectivity index is 0.000000219. The van der Waals surface area contributed by atoms with E-state index < -0.39 is 22.5 Å². The molecule has 282 valence electrons. The fourth-order valence-electron chi connectivity index (χ4n) is 7.06. The van der Waals surface area contributed by atoms with Gasteiger partial charge in [-0.05, 0) is 119 Å². The lowest BCUT2D eigenvalue weighted by molar-refractivity contribution is 0.410. The maximum atomic E-state index is 13.3. The van der Waals surface area contributed by atoms with Crippen molar-refractivity contribution in [3.63, 3.8) is 0 Å². The van der Waals surface area contributed by atoms with Gasteiger partial charge < -0.3 is 9.47 Å². The first kappa shape index (κ1) is 38.3. The van der Waals surface area contributed by atoms with Crippen LogP contribution in [0.3, 0.4) is 0 Å². The molecule has 0 atom stereocenters. The molecule has 2 aromatic heterocycles. The summed E-state index contributed by atoms with van der Waals surface area (Å²) in [5.41, 5.74) is 4.21. The Morgan fingerprint density at radius 3 is 1.55 bits per heavy atom. The number of benzene rings is 5. The minimum Gasteiger partial charge on any atom is -0.440 e. The highest BCUT2D eigenvalue weighted by Crippen LogP contribution is 2.33. The van der Waals surface area contributed by atoms with Crippen LogP contribution in [-0.4, -0.2) is 19.5 Å². The highest BCUT2D eigenvalue weighted by atomic mass is 16.5. The Labute approximate surface area is 318 Å². The Morgan fingerprint density at radius 2 is 1.04 bits per heavy atom. The normalized spacial score (nSPS) is 11.2. The number of nitrogens with one attached hydrogen (secondary N) is 3. The number of nitrogens with zero attached hydrogens (tertiary/aromatic N) is 1. The molecule has 3 N–H and O–H groups in total. The van der Waals surface area contributed by atoms with Crippen molar-refractivity contribution in [3.8, 4) is 23.3 Å². The second kappa shape index (κ2) is 15.9. The van der Waals surface area contributed by atoms with Gasteiger partial charge in [-0.15, -0.1) is 0 Å². The van der Waals surface area contributed by atoms with Gasteiger partial charge in [0.2, 0.25) is 11.8 Å². The van der Waals surface area contributed by atoms with Gasteiger partial charge in [0.1, 0.15) is 11.5 Å². The van der Waals surface area contributed by atoms with Gasteiger partial charge in [-0.1, -0.05) is 88.4 Å². The largest absolute Gasteiger partial charge is 0.440 e. The van der Waals surface area contributed by atoms with Gasteiger partial charge in [0.15, 0.2) is 0 Å². The molecular weight excluding hydrogens is 693 g/mol. The van der Waals surface area contributed by atoms with Gasteiger partial charge in [-0.2, -0.15) is 0 Å². The van der Waals surface area contributed by atoms with E-state index in [4.69, 9.17) is 9.47 Å². The van der Waals surface area contributed by atoms with E-state index in [1.54, 1.807) is 4.57 Å². The molecule has 0 saturated carbocycles. The summed E-state index contributed by atoms with van der Waals surface area (Å²) in [5, 5.41) is 4.32. The maximum Gasteiger partial charge on any atom is 0.331 e. The zero-order valence-electron chi connectivity index (χ0n) is 32.4. The van der Waals surface area contributed by atoms with Crippen molar-refractivity contribution in [2.45, 2.75) is 73.8 Å². The van der Waals surface area contributed by atoms with E-state index in [1.165, 1.54) is 0 Å². The summed E-state index contributed by atoms with van der Waals surface area (Å²) in [5.74, 6) is 1.50. The van der Waals surface area contributed by atoms with Crippen LogP contribution in [0.4, 0.5) is 0 Å². The first-order chi connectivity index (χ1) is 26.2. The van der Waals surface area contributed by atoms with Crippen LogP contribution in [0.5, 0.6) is 23.3 Å². The molecular formula is C45H46N4O6. The molecule has 0 bridgehead atoms. The van der Waals surface area contributed by atoms with Crippen molar-refractivity contribution in [2.24, 2.45) is 0 Å². The topological polar surface area (TPSA) is 139 Å². The van der Waals surface area contributed by atoms with Gasteiger partial charge in [0, 0.05) is 0 Å². The smallest absolute Gasteiger partial charge is 0.331 e. The van der Waals surface area contributed by atoms with Gasteiger partial charge in [0.25, 0.3) is 11.1 Å². The summed E-state index contributed by atoms with van der Waals surface area (Å²) in [6.45, 7) is 15.8. The van der Waals surface area contributed by atoms with Gasteiger partial charge in [-0.25, -0.2) is 9.59 Å². The highest BCUT2D eigenvalue weighted by molar-refractivity contribution is 6.02. The van der Waals surface area contributed by atoms with Crippen molar-refractivity contribution in [1.82, 2.24) is 19.5 Å². The van der Waals surface area contributed by atoms with Gasteiger partial charge in [0.05, 0.1) is 17.7 Å². The van der Waals surface area contributed by atoms with E-state index in [1.807, 2.05) is 110 Å². The molecule has 0 saturated heterocycles. The molecule has 0 radical (unpaired) electrons. The molecule has 0 spiro atoms. The van der Waals surface area contributed by atoms with Crippen LogP contribution in [0.15, 0.2) is 110 Å². The zero-order valence-corrected chi connectivity index (χ0v) is 32.4. The second-order valence-corrected chi connectivity index (χ2v) is 14.7. The quantitative estimate of drug-likeness (QED) is 0.133. The minimum absolute atomic E-state index is 0.0588. The fraction of sp³-hybridized carbons (Fsp3) is 0.244. The number of aryl methyl sites for hydroxylation is 4. The highest BCUT2D eigenvalue weighted by Gasteiger charge is 2.22. The van der Waals surface area contributed by atoms with Crippen LogP contribution in [0.1, 0.15) is 78.5 Å². The molecule has 2 heterocycles. The molecule has 10 nitrogen and oxygen atoms in total. The number of rotatable bonds is 8. The van der Waals surface area contributed by atoms with E-state index in [0.717, 1.165) is 49.4 Å². The average Bonchev–Trinajstić information content (AvgIpc) is 3.08. The van der Waals surface area contributed by atoms with E-state index in [9.17, 15) is 19.2 Å². The number of aromatic amines is 3. The number of hydrogen-bond acceptors (Lipinski definition) is 6. The lowest BCUT2D eigenvalue weighted by Crippen LogP contribution is -2.34. The number of aromatic nitrogens is 4. The molecule has 7 rings (SSSR count). The van der Waals surface area contributed by atoms with E-state index in [2.05, 4.69) is 51.4 Å². The molecule has 0 aliphatic carbocycles. The predicted octanol–water partition coefficient (Wildman–Crippen LogP) is 9.02. The average molecular weight is 739 g/mol. The Hall–Kier alpha value is -6.42. The van der Waals surface area contributed by atoms with Gasteiger partial charge in [-0.3, -0.25) is 29.1 Å². The fourth-order valence-corrected chi connectivity index (χ4v) is 7.06. The van der Waals surface area contributed by atoms with Crippen molar-refractivity contribution >= 4 is 21.5 Å². The van der Waals surface area contributed by atoms with Crippen LogP contribution in [0, 0.1) is 27.7 Å². The first-order valence-corrected chi connectivity index (χ1v) is 18.3. The molecule has 10 heteroatoms. The number of fused-ring (bicyclic) bond motifs is 2. The third-order valence-electron chi connectivity index (χ3n) is 9.31. The summed E-state index contributed by atoms with van der Waals surface area (Å²) in [6, 6.07) is 30.1. The van der Waals surface area contributed by atoms with Crippen LogP contribution >= 0.6 is 0 Å². The monoisotopic (exact) mass is 738 g/mol. The third kappa shape index (κ3) is 8.54. The Kier molecular flexibility index (Phi) is 11.1. The maximum absolute atomic E-state index is 13.3. The molecule has 7 aromatic rings. The molecule has 0 amide bonds. The Bertz CT molecular complexity index is 2690. The first-order valence-electron chi connectivity index (χ1n) is 18.3. The van der Waals surface area contributed by atoms with E-state index in [0.29, 0.717) is 22.6 Å². The van der Waals surface area contributed by atoms with Gasteiger partial charge >= 0.3 is 11.4 Å². The summed E-state index contributed by atoms with van der Waals surface area (Å²) in [6.07, 6.45) is 0. The van der Waals surface area contributed by atoms with Crippen molar-refractivity contribution in [3.05, 3.63) is 172 Å². The number of H-pyrrole nitrogens is 3. The molecule has 5 aromatic carbocycles. The summed E-state index contributed by atoms with van der Waals surface area (Å²) in [7, 11) is 0. The van der Waals surface area contributed by atoms with E-state index in [-0.39, 0.29) is 30.1 Å². The Morgan fingerprint density at radius 1 is 0.564 bits per heavy atom. The van der Waals surface area contributed by atoms with Crippen LogP contribution in [0.2, 0.25) is 0 Å². The number of hydrogen-bond donors (Lipinski definition) is 3. The molecule has 55 heavy (non-hydrogen) atoms. The second-order valence-electron chi connectivity index (χ2n) is 14.7. The van der Waals surface area contributed by atoms with Crippen molar-refractivity contribution < 1.29 is 9.47 Å². The number of ether oxygens (including phenoxy) is 2. The zero-order chi connectivity index (χ0) is 39.6.